The van der Waals surface area contributed by atoms with E-state index in [1.54, 1.807) is 18.3 Å². The number of benzene rings is 1. The maximum Gasteiger partial charge on any atom is 0.225 e. The standard InChI is InChI=1S/C20H24FN3O2/c21-17-5-3-14(4-6-17)18-12-22-23-19(18)16-2-1-9-24(13-16)20(25)15-7-10-26-11-8-15/h3-6,12,15-16H,1-2,7-11,13H2,(H,22,23)/t16-/m0/s1. The van der Waals surface area contributed by atoms with Crippen molar-refractivity contribution in [2.75, 3.05) is 26.3 Å². The molecule has 0 spiro atoms. The van der Waals surface area contributed by atoms with Crippen LogP contribution >= 0.6 is 0 Å². The summed E-state index contributed by atoms with van der Waals surface area (Å²) in [5.74, 6) is 0.349. The van der Waals surface area contributed by atoms with Gasteiger partial charge in [0.2, 0.25) is 5.91 Å². The van der Waals surface area contributed by atoms with Gasteiger partial charge in [-0.3, -0.25) is 9.89 Å². The number of carbonyl (C=O) groups is 1. The number of hydrogen-bond donors (Lipinski definition) is 1. The van der Waals surface area contributed by atoms with Crippen LogP contribution in [0.25, 0.3) is 11.1 Å². The molecule has 0 saturated carbocycles. The number of halogens is 1. The highest BCUT2D eigenvalue weighted by Crippen LogP contribution is 2.34. The molecule has 0 unspecified atom stereocenters. The first-order valence-electron chi connectivity index (χ1n) is 9.38. The van der Waals surface area contributed by atoms with Crippen molar-refractivity contribution >= 4 is 5.91 Å². The van der Waals surface area contributed by atoms with Gasteiger partial charge < -0.3 is 9.64 Å². The number of nitrogens with one attached hydrogen (secondary N) is 1. The molecule has 2 aliphatic heterocycles. The molecule has 4 rings (SSSR count). The largest absolute Gasteiger partial charge is 0.381 e. The first-order chi connectivity index (χ1) is 12.7. The van der Waals surface area contributed by atoms with Crippen LogP contribution in [0.2, 0.25) is 0 Å². The predicted molar refractivity (Wildman–Crippen MR) is 96.1 cm³/mol. The number of aromatic amines is 1. The highest BCUT2D eigenvalue weighted by molar-refractivity contribution is 5.79. The molecule has 0 radical (unpaired) electrons. The molecule has 1 atom stereocenters. The van der Waals surface area contributed by atoms with E-state index in [0.717, 1.165) is 49.0 Å². The van der Waals surface area contributed by atoms with Gasteiger partial charge in [0, 0.05) is 49.4 Å². The number of H-pyrrole nitrogens is 1. The zero-order valence-corrected chi connectivity index (χ0v) is 14.8. The molecule has 1 amide bonds. The summed E-state index contributed by atoms with van der Waals surface area (Å²) in [5, 5.41) is 7.34. The van der Waals surface area contributed by atoms with Crippen molar-refractivity contribution in [1.82, 2.24) is 15.1 Å². The monoisotopic (exact) mass is 357 g/mol. The third-order valence-electron chi connectivity index (χ3n) is 5.54. The van der Waals surface area contributed by atoms with Gasteiger partial charge >= 0.3 is 0 Å². The van der Waals surface area contributed by atoms with Crippen molar-refractivity contribution in [3.63, 3.8) is 0 Å². The van der Waals surface area contributed by atoms with Crippen LogP contribution < -0.4 is 0 Å². The van der Waals surface area contributed by atoms with Crippen LogP contribution in [-0.2, 0) is 9.53 Å². The van der Waals surface area contributed by atoms with Crippen LogP contribution in [0.3, 0.4) is 0 Å². The average Bonchev–Trinajstić information content (AvgIpc) is 3.19. The summed E-state index contributed by atoms with van der Waals surface area (Å²) in [7, 11) is 0. The Morgan fingerprint density at radius 2 is 1.96 bits per heavy atom. The van der Waals surface area contributed by atoms with Crippen molar-refractivity contribution < 1.29 is 13.9 Å². The lowest BCUT2D eigenvalue weighted by molar-refractivity contribution is -0.139. The number of piperidine rings is 1. The molecule has 3 heterocycles. The molecule has 138 valence electrons. The van der Waals surface area contributed by atoms with E-state index < -0.39 is 0 Å². The summed E-state index contributed by atoms with van der Waals surface area (Å²) in [6.45, 7) is 2.91. The Hall–Kier alpha value is -2.21. The molecule has 5 nitrogen and oxygen atoms in total. The number of hydrogen-bond acceptors (Lipinski definition) is 3. The minimum atomic E-state index is -0.246. The zero-order valence-electron chi connectivity index (χ0n) is 14.8. The molecule has 1 N–H and O–H groups in total. The van der Waals surface area contributed by atoms with Gasteiger partial charge in [0.15, 0.2) is 0 Å². The molecule has 26 heavy (non-hydrogen) atoms. The highest BCUT2D eigenvalue weighted by Gasteiger charge is 2.32. The second kappa shape index (κ2) is 7.58. The van der Waals surface area contributed by atoms with E-state index in [-0.39, 0.29) is 23.6 Å². The summed E-state index contributed by atoms with van der Waals surface area (Å²) in [6, 6.07) is 6.48. The summed E-state index contributed by atoms with van der Waals surface area (Å²) >= 11 is 0. The van der Waals surface area contributed by atoms with Gasteiger partial charge in [0.05, 0.1) is 6.20 Å². The fraction of sp³-hybridized carbons (Fsp3) is 0.500. The Morgan fingerprint density at radius 3 is 2.73 bits per heavy atom. The maximum absolute atomic E-state index is 13.2. The minimum absolute atomic E-state index is 0.0980. The van der Waals surface area contributed by atoms with Crippen LogP contribution in [0.1, 0.15) is 37.3 Å². The average molecular weight is 357 g/mol. The Labute approximate surface area is 152 Å². The lowest BCUT2D eigenvalue weighted by Gasteiger charge is -2.35. The van der Waals surface area contributed by atoms with Crippen molar-refractivity contribution in [3.8, 4) is 11.1 Å². The van der Waals surface area contributed by atoms with Crippen LogP contribution in [0.4, 0.5) is 4.39 Å². The third-order valence-corrected chi connectivity index (χ3v) is 5.54. The second-order valence-electron chi connectivity index (χ2n) is 7.21. The number of ether oxygens (including phenoxy) is 1. The summed E-state index contributed by atoms with van der Waals surface area (Å²) in [5.41, 5.74) is 2.99. The number of aromatic nitrogens is 2. The van der Waals surface area contributed by atoms with Gasteiger partial charge in [0.1, 0.15) is 5.82 Å². The number of rotatable bonds is 3. The lowest BCUT2D eigenvalue weighted by Crippen LogP contribution is -2.43. The van der Waals surface area contributed by atoms with Gasteiger partial charge in [-0.1, -0.05) is 12.1 Å². The van der Waals surface area contributed by atoms with Gasteiger partial charge in [-0.2, -0.15) is 5.10 Å². The van der Waals surface area contributed by atoms with Crippen LogP contribution in [0, 0.1) is 11.7 Å². The fourth-order valence-electron chi connectivity index (χ4n) is 4.08. The SMILES string of the molecule is O=C(C1CCOCC1)N1CCC[C@H](c2[nH]ncc2-c2ccc(F)cc2)C1. The molecule has 2 fully saturated rings. The van der Waals surface area contributed by atoms with E-state index >= 15 is 0 Å². The van der Waals surface area contributed by atoms with Gasteiger partial charge in [-0.25, -0.2) is 4.39 Å². The Kier molecular flexibility index (Phi) is 5.02. The smallest absolute Gasteiger partial charge is 0.225 e. The molecule has 2 aromatic rings. The topological polar surface area (TPSA) is 58.2 Å². The number of carbonyl (C=O) groups excluding carboxylic acids is 1. The number of nitrogens with zero attached hydrogens (tertiary/aromatic N) is 2. The van der Waals surface area contributed by atoms with E-state index in [4.69, 9.17) is 4.74 Å². The van der Waals surface area contributed by atoms with Crippen LogP contribution in [0.5, 0.6) is 0 Å². The van der Waals surface area contributed by atoms with Gasteiger partial charge in [-0.15, -0.1) is 0 Å². The molecule has 0 bridgehead atoms. The second-order valence-corrected chi connectivity index (χ2v) is 7.21. The summed E-state index contributed by atoms with van der Waals surface area (Å²) < 4.78 is 18.6. The van der Waals surface area contributed by atoms with Gasteiger partial charge in [0.25, 0.3) is 0 Å². The zero-order chi connectivity index (χ0) is 17.9. The van der Waals surface area contributed by atoms with Gasteiger partial charge in [-0.05, 0) is 43.4 Å². The summed E-state index contributed by atoms with van der Waals surface area (Å²) in [6.07, 6.45) is 5.45. The Morgan fingerprint density at radius 1 is 1.19 bits per heavy atom. The molecule has 6 heteroatoms. The molecular formula is C20H24FN3O2. The van der Waals surface area contributed by atoms with E-state index in [0.29, 0.717) is 19.8 Å². The van der Waals surface area contributed by atoms with E-state index in [1.165, 1.54) is 12.1 Å². The molecular weight excluding hydrogens is 333 g/mol. The van der Waals surface area contributed by atoms with Crippen LogP contribution in [-0.4, -0.2) is 47.3 Å². The molecule has 2 saturated heterocycles. The van der Waals surface area contributed by atoms with Crippen molar-refractivity contribution in [2.45, 2.75) is 31.6 Å². The van der Waals surface area contributed by atoms with E-state index in [2.05, 4.69) is 10.2 Å². The van der Waals surface area contributed by atoms with Crippen molar-refractivity contribution in [3.05, 3.63) is 42.0 Å². The van der Waals surface area contributed by atoms with Crippen molar-refractivity contribution in [1.29, 1.82) is 0 Å². The molecule has 1 aromatic heterocycles. The number of amides is 1. The van der Waals surface area contributed by atoms with Crippen molar-refractivity contribution in [2.24, 2.45) is 5.92 Å². The van der Waals surface area contributed by atoms with E-state index in [1.807, 2.05) is 4.90 Å². The summed E-state index contributed by atoms with van der Waals surface area (Å²) in [4.78, 5) is 14.9. The molecule has 1 aromatic carbocycles. The third kappa shape index (κ3) is 3.51. The maximum atomic E-state index is 13.2. The molecule has 0 aliphatic carbocycles. The van der Waals surface area contributed by atoms with E-state index in [9.17, 15) is 9.18 Å². The first kappa shape index (κ1) is 17.2. The molecule has 2 aliphatic rings. The Balaban J connectivity index is 1.51. The normalized spacial score (nSPS) is 21.7. The lowest BCUT2D eigenvalue weighted by atomic mass is 9.89. The van der Waals surface area contributed by atoms with Crippen LogP contribution in [0.15, 0.2) is 30.5 Å². The highest BCUT2D eigenvalue weighted by atomic mass is 19.1. The number of likely N-dealkylation sites (tertiary alicyclic amines) is 1. The first-order valence-corrected chi connectivity index (χ1v) is 9.38. The fourth-order valence-corrected chi connectivity index (χ4v) is 4.08. The Bertz CT molecular complexity index is 753. The quantitative estimate of drug-likeness (QED) is 0.916. The predicted octanol–water partition coefficient (Wildman–Crippen LogP) is 3.35. The minimum Gasteiger partial charge on any atom is -0.381 e.